The van der Waals surface area contributed by atoms with Crippen molar-refractivity contribution in [2.24, 2.45) is 0 Å². The highest BCUT2D eigenvalue weighted by atomic mass is 127. The third-order valence-corrected chi connectivity index (χ3v) is 2.71. The summed E-state index contributed by atoms with van der Waals surface area (Å²) in [7, 11) is 0. The van der Waals surface area contributed by atoms with Gasteiger partial charge in [0.05, 0.1) is 11.3 Å². The van der Waals surface area contributed by atoms with E-state index < -0.39 is 23.7 Å². The number of hydrogen-bond donors (Lipinski definition) is 1. The number of halogens is 3. The van der Waals surface area contributed by atoms with E-state index in [1.807, 2.05) is 22.6 Å². The zero-order valence-electron chi connectivity index (χ0n) is 7.09. The molecular formula is C8H6F2INO2. The average Bonchev–Trinajstić information content (AvgIpc) is 2.08. The first-order valence-electron chi connectivity index (χ1n) is 3.62. The van der Waals surface area contributed by atoms with Crippen LogP contribution >= 0.6 is 22.6 Å². The van der Waals surface area contributed by atoms with E-state index in [2.05, 4.69) is 4.98 Å². The number of aromatic carboxylic acids is 1. The standard InChI is InChI=1S/C8H6F2INO2/c1-3-5(11)2-4(8(13)14)6(12-3)7(9)10/h2,7H,1H3,(H,13,14). The highest BCUT2D eigenvalue weighted by molar-refractivity contribution is 14.1. The van der Waals surface area contributed by atoms with Crippen LogP contribution in [0.3, 0.4) is 0 Å². The second-order valence-corrected chi connectivity index (χ2v) is 3.76. The fourth-order valence-corrected chi connectivity index (χ4v) is 1.37. The van der Waals surface area contributed by atoms with Crippen LogP contribution in [0.15, 0.2) is 6.07 Å². The molecule has 0 spiro atoms. The second kappa shape index (κ2) is 4.16. The van der Waals surface area contributed by atoms with E-state index in [1.54, 1.807) is 6.92 Å². The molecule has 1 aromatic rings. The Balaban J connectivity index is 3.39. The van der Waals surface area contributed by atoms with Gasteiger partial charge in [0.1, 0.15) is 5.69 Å². The Labute approximate surface area is 92.3 Å². The van der Waals surface area contributed by atoms with E-state index in [4.69, 9.17) is 5.11 Å². The van der Waals surface area contributed by atoms with Gasteiger partial charge in [-0.2, -0.15) is 0 Å². The number of nitrogens with zero attached hydrogens (tertiary/aromatic N) is 1. The second-order valence-electron chi connectivity index (χ2n) is 2.59. The van der Waals surface area contributed by atoms with Gasteiger partial charge in [-0.1, -0.05) is 0 Å². The van der Waals surface area contributed by atoms with Crippen LogP contribution in [0.1, 0.15) is 28.2 Å². The van der Waals surface area contributed by atoms with Gasteiger partial charge in [-0.15, -0.1) is 0 Å². The molecule has 0 aliphatic heterocycles. The van der Waals surface area contributed by atoms with Gasteiger partial charge >= 0.3 is 5.97 Å². The Morgan fingerprint density at radius 2 is 2.21 bits per heavy atom. The number of pyridine rings is 1. The fourth-order valence-electron chi connectivity index (χ4n) is 0.937. The van der Waals surface area contributed by atoms with Gasteiger partial charge in [0.15, 0.2) is 0 Å². The molecule has 1 rings (SSSR count). The van der Waals surface area contributed by atoms with Gasteiger partial charge in [-0.05, 0) is 35.6 Å². The van der Waals surface area contributed by atoms with Crippen molar-refractivity contribution in [1.29, 1.82) is 0 Å². The van der Waals surface area contributed by atoms with Gasteiger partial charge < -0.3 is 5.11 Å². The molecule has 0 amide bonds. The molecule has 0 radical (unpaired) electrons. The molecule has 0 unspecified atom stereocenters. The lowest BCUT2D eigenvalue weighted by Gasteiger charge is -2.06. The summed E-state index contributed by atoms with van der Waals surface area (Å²) in [6, 6.07) is 1.20. The Morgan fingerprint density at radius 1 is 1.64 bits per heavy atom. The van der Waals surface area contributed by atoms with Crippen LogP contribution < -0.4 is 0 Å². The Bertz CT molecular complexity index is 382. The van der Waals surface area contributed by atoms with E-state index in [0.29, 0.717) is 9.26 Å². The van der Waals surface area contributed by atoms with Gasteiger partial charge in [0.25, 0.3) is 6.43 Å². The summed E-state index contributed by atoms with van der Waals surface area (Å²) in [6.45, 7) is 1.55. The minimum atomic E-state index is -2.86. The summed E-state index contributed by atoms with van der Waals surface area (Å²) in [5.41, 5.74) is -0.698. The van der Waals surface area contributed by atoms with Crippen molar-refractivity contribution in [1.82, 2.24) is 4.98 Å². The molecule has 0 aromatic carbocycles. The topological polar surface area (TPSA) is 50.2 Å². The van der Waals surface area contributed by atoms with Crippen molar-refractivity contribution >= 4 is 28.6 Å². The first kappa shape index (κ1) is 11.3. The van der Waals surface area contributed by atoms with Crippen LogP contribution in [0.2, 0.25) is 0 Å². The number of aryl methyl sites for hydroxylation is 1. The summed E-state index contributed by atoms with van der Waals surface area (Å²) < 4.78 is 25.3. The lowest BCUT2D eigenvalue weighted by Crippen LogP contribution is -2.07. The lowest BCUT2D eigenvalue weighted by atomic mass is 10.2. The maximum atomic E-state index is 12.4. The SMILES string of the molecule is Cc1nc(C(F)F)c(C(=O)O)cc1I. The monoisotopic (exact) mass is 313 g/mol. The highest BCUT2D eigenvalue weighted by Gasteiger charge is 2.20. The molecule has 0 saturated carbocycles. The lowest BCUT2D eigenvalue weighted by molar-refractivity contribution is 0.0682. The molecule has 1 N–H and O–H groups in total. The normalized spacial score (nSPS) is 10.6. The van der Waals surface area contributed by atoms with Crippen LogP contribution in [0.5, 0.6) is 0 Å². The number of hydrogen-bond acceptors (Lipinski definition) is 2. The third-order valence-electron chi connectivity index (χ3n) is 1.62. The van der Waals surface area contributed by atoms with Crippen molar-refractivity contribution in [3.8, 4) is 0 Å². The molecule has 3 nitrogen and oxygen atoms in total. The molecule has 0 bridgehead atoms. The average molecular weight is 313 g/mol. The maximum Gasteiger partial charge on any atom is 0.337 e. The van der Waals surface area contributed by atoms with Crippen molar-refractivity contribution in [3.63, 3.8) is 0 Å². The smallest absolute Gasteiger partial charge is 0.337 e. The highest BCUT2D eigenvalue weighted by Crippen LogP contribution is 2.23. The van der Waals surface area contributed by atoms with Gasteiger partial charge in [-0.25, -0.2) is 13.6 Å². The van der Waals surface area contributed by atoms with Crippen molar-refractivity contribution in [3.05, 3.63) is 26.6 Å². The fraction of sp³-hybridized carbons (Fsp3) is 0.250. The van der Waals surface area contributed by atoms with Crippen molar-refractivity contribution in [2.75, 3.05) is 0 Å². The van der Waals surface area contributed by atoms with Crippen LogP contribution in [0, 0.1) is 10.5 Å². The summed E-state index contributed by atoms with van der Waals surface area (Å²) in [5, 5.41) is 8.65. The predicted molar refractivity (Wildman–Crippen MR) is 53.6 cm³/mol. The number of aromatic nitrogens is 1. The molecule has 1 aromatic heterocycles. The van der Waals surface area contributed by atoms with Gasteiger partial charge in [0.2, 0.25) is 0 Å². The molecule has 6 heteroatoms. The molecule has 0 fully saturated rings. The summed E-state index contributed by atoms with van der Waals surface area (Å²) >= 11 is 1.85. The number of carbonyl (C=O) groups is 1. The number of carboxylic acid groups (broad SMARTS) is 1. The summed E-state index contributed by atoms with van der Waals surface area (Å²) in [4.78, 5) is 14.2. The molecule has 0 aliphatic carbocycles. The molecule has 0 saturated heterocycles. The Morgan fingerprint density at radius 3 is 2.64 bits per heavy atom. The van der Waals surface area contributed by atoms with Crippen LogP contribution in [0.4, 0.5) is 8.78 Å². The van der Waals surface area contributed by atoms with Crippen LogP contribution in [0.25, 0.3) is 0 Å². The van der Waals surface area contributed by atoms with Crippen LogP contribution in [-0.4, -0.2) is 16.1 Å². The Kier molecular flexibility index (Phi) is 3.35. The van der Waals surface area contributed by atoms with E-state index in [9.17, 15) is 13.6 Å². The zero-order valence-corrected chi connectivity index (χ0v) is 9.25. The zero-order chi connectivity index (χ0) is 10.9. The largest absolute Gasteiger partial charge is 0.478 e. The van der Waals surface area contributed by atoms with Crippen molar-refractivity contribution < 1.29 is 18.7 Å². The third kappa shape index (κ3) is 2.17. The van der Waals surface area contributed by atoms with E-state index in [0.717, 1.165) is 0 Å². The minimum Gasteiger partial charge on any atom is -0.478 e. The number of carboxylic acids is 1. The molecule has 76 valence electrons. The molecule has 1 heterocycles. The first-order chi connectivity index (χ1) is 6.43. The summed E-state index contributed by atoms with van der Waals surface area (Å²) in [5.74, 6) is -1.38. The Hall–Kier alpha value is -0.790. The quantitative estimate of drug-likeness (QED) is 0.854. The maximum absolute atomic E-state index is 12.4. The van der Waals surface area contributed by atoms with Gasteiger partial charge in [-0.3, -0.25) is 4.98 Å². The number of alkyl halides is 2. The van der Waals surface area contributed by atoms with Crippen molar-refractivity contribution in [2.45, 2.75) is 13.3 Å². The minimum absolute atomic E-state index is 0.408. The first-order valence-corrected chi connectivity index (χ1v) is 4.70. The summed E-state index contributed by atoms with van der Waals surface area (Å²) in [6.07, 6.45) is -2.86. The van der Waals surface area contributed by atoms with Crippen LogP contribution in [-0.2, 0) is 0 Å². The molecule has 14 heavy (non-hydrogen) atoms. The molecule has 0 atom stereocenters. The van der Waals surface area contributed by atoms with E-state index >= 15 is 0 Å². The predicted octanol–water partition coefficient (Wildman–Crippen LogP) is 2.63. The van der Waals surface area contributed by atoms with E-state index in [-0.39, 0.29) is 0 Å². The molecular weight excluding hydrogens is 307 g/mol. The van der Waals surface area contributed by atoms with Gasteiger partial charge in [0, 0.05) is 3.57 Å². The van der Waals surface area contributed by atoms with E-state index in [1.165, 1.54) is 6.07 Å². The number of rotatable bonds is 2. The molecule has 0 aliphatic rings.